The summed E-state index contributed by atoms with van der Waals surface area (Å²) < 4.78 is 6.54. The molecule has 0 unspecified atom stereocenters. The summed E-state index contributed by atoms with van der Waals surface area (Å²) in [5.41, 5.74) is 2.90. The number of hydrogen-bond donors (Lipinski definition) is 3. The summed E-state index contributed by atoms with van der Waals surface area (Å²) in [6.45, 7) is 3.45. The first-order valence-corrected chi connectivity index (χ1v) is 9.90. The molecule has 2 amide bonds. The Morgan fingerprint density at radius 3 is 2.41 bits per heavy atom. The van der Waals surface area contributed by atoms with Crippen LogP contribution in [-0.4, -0.2) is 32.9 Å². The Balaban J connectivity index is 1.68. The van der Waals surface area contributed by atoms with E-state index in [0.29, 0.717) is 34.2 Å². The number of nitrogens with one attached hydrogen (secondary N) is 3. The maximum absolute atomic E-state index is 12.7. The molecule has 2 aromatic heterocycles. The van der Waals surface area contributed by atoms with E-state index >= 15 is 0 Å². The van der Waals surface area contributed by atoms with Crippen LogP contribution in [0.25, 0.3) is 17.2 Å². The van der Waals surface area contributed by atoms with Crippen LogP contribution in [0.4, 0.5) is 16.3 Å². The molecule has 4 rings (SSSR count). The number of ether oxygens (including phenoxy) is 1. The third kappa shape index (κ3) is 4.36. The molecular weight excluding hydrogens is 408 g/mol. The standard InChI is InChI=1S/C23H22N6O3/c1-14-15(2)24-22(27-21(14)30)29-20(13-19(28-29)16-7-5-4-6-8-16)26-23(31)25-17-9-11-18(32-3)12-10-17/h4-13H,1-3H3,(H,24,27,30)(H2,25,26,31). The predicted molar refractivity (Wildman–Crippen MR) is 123 cm³/mol. The quantitative estimate of drug-likeness (QED) is 0.444. The monoisotopic (exact) mass is 430 g/mol. The van der Waals surface area contributed by atoms with Crippen LogP contribution in [0.3, 0.4) is 0 Å². The smallest absolute Gasteiger partial charge is 0.324 e. The summed E-state index contributed by atoms with van der Waals surface area (Å²) in [6, 6.07) is 17.7. The number of urea groups is 1. The highest BCUT2D eigenvalue weighted by Crippen LogP contribution is 2.24. The molecule has 9 nitrogen and oxygen atoms in total. The minimum Gasteiger partial charge on any atom is -0.497 e. The molecule has 162 valence electrons. The number of carbonyl (C=O) groups excluding carboxylic acids is 1. The van der Waals surface area contributed by atoms with Crippen molar-refractivity contribution in [2.24, 2.45) is 0 Å². The molecule has 0 spiro atoms. The van der Waals surface area contributed by atoms with Crippen molar-refractivity contribution in [1.82, 2.24) is 19.7 Å². The predicted octanol–water partition coefficient (Wildman–Crippen LogP) is 3.89. The summed E-state index contributed by atoms with van der Waals surface area (Å²) in [5.74, 6) is 1.24. The van der Waals surface area contributed by atoms with Gasteiger partial charge in [-0.1, -0.05) is 30.3 Å². The van der Waals surface area contributed by atoms with Crippen LogP contribution in [0.2, 0.25) is 0 Å². The molecule has 3 N–H and O–H groups in total. The summed E-state index contributed by atoms with van der Waals surface area (Å²) >= 11 is 0. The van der Waals surface area contributed by atoms with Gasteiger partial charge in [0.05, 0.1) is 12.8 Å². The number of hydrogen-bond acceptors (Lipinski definition) is 5. The molecule has 0 radical (unpaired) electrons. The van der Waals surface area contributed by atoms with Crippen molar-refractivity contribution in [3.8, 4) is 23.0 Å². The molecule has 0 aliphatic heterocycles. The highest BCUT2D eigenvalue weighted by molar-refractivity contribution is 5.99. The molecule has 2 heterocycles. The number of methoxy groups -OCH3 is 1. The van der Waals surface area contributed by atoms with Crippen molar-refractivity contribution in [1.29, 1.82) is 0 Å². The number of aromatic nitrogens is 4. The van der Waals surface area contributed by atoms with Crippen molar-refractivity contribution in [3.05, 3.63) is 82.3 Å². The zero-order valence-electron chi connectivity index (χ0n) is 17.8. The van der Waals surface area contributed by atoms with Crippen LogP contribution in [0.1, 0.15) is 11.3 Å². The number of aryl methyl sites for hydroxylation is 1. The third-order valence-corrected chi connectivity index (χ3v) is 4.95. The van der Waals surface area contributed by atoms with Gasteiger partial charge in [0.1, 0.15) is 11.6 Å². The molecule has 0 fully saturated rings. The first kappa shape index (κ1) is 20.9. The van der Waals surface area contributed by atoms with Crippen molar-refractivity contribution < 1.29 is 9.53 Å². The number of anilines is 2. The van der Waals surface area contributed by atoms with Gasteiger partial charge >= 0.3 is 6.03 Å². The largest absolute Gasteiger partial charge is 0.497 e. The Bertz CT molecular complexity index is 1310. The van der Waals surface area contributed by atoms with E-state index in [1.807, 2.05) is 30.3 Å². The Kier molecular flexibility index (Phi) is 5.71. The molecule has 0 atom stereocenters. The van der Waals surface area contributed by atoms with Gasteiger partial charge in [-0.05, 0) is 38.1 Å². The number of rotatable bonds is 5. The molecule has 0 saturated carbocycles. The molecule has 32 heavy (non-hydrogen) atoms. The van der Waals surface area contributed by atoms with Gasteiger partial charge in [0.2, 0.25) is 5.95 Å². The number of aromatic amines is 1. The minimum absolute atomic E-state index is 0.208. The van der Waals surface area contributed by atoms with Crippen molar-refractivity contribution in [3.63, 3.8) is 0 Å². The van der Waals surface area contributed by atoms with E-state index in [4.69, 9.17) is 4.74 Å². The first-order chi connectivity index (χ1) is 15.4. The molecule has 0 saturated heterocycles. The van der Waals surface area contributed by atoms with Gasteiger partial charge in [-0.3, -0.25) is 15.1 Å². The van der Waals surface area contributed by atoms with Crippen LogP contribution in [0.5, 0.6) is 5.75 Å². The van der Waals surface area contributed by atoms with Crippen LogP contribution >= 0.6 is 0 Å². The average molecular weight is 430 g/mol. The number of benzene rings is 2. The summed E-state index contributed by atoms with van der Waals surface area (Å²) in [7, 11) is 1.58. The van der Waals surface area contributed by atoms with Crippen molar-refractivity contribution in [2.45, 2.75) is 13.8 Å². The molecule has 4 aromatic rings. The van der Waals surface area contributed by atoms with E-state index in [0.717, 1.165) is 5.56 Å². The van der Waals surface area contributed by atoms with Gasteiger partial charge in [0.15, 0.2) is 0 Å². The highest BCUT2D eigenvalue weighted by atomic mass is 16.5. The molecule has 2 aromatic carbocycles. The summed E-state index contributed by atoms with van der Waals surface area (Å²) in [5, 5.41) is 10.1. The lowest BCUT2D eigenvalue weighted by atomic mass is 10.2. The lowest BCUT2D eigenvalue weighted by molar-refractivity contribution is 0.262. The second-order valence-electron chi connectivity index (χ2n) is 7.10. The van der Waals surface area contributed by atoms with E-state index in [2.05, 4.69) is 25.7 Å². The van der Waals surface area contributed by atoms with E-state index in [-0.39, 0.29) is 11.5 Å². The van der Waals surface area contributed by atoms with Gasteiger partial charge in [0, 0.05) is 28.6 Å². The van der Waals surface area contributed by atoms with Crippen LogP contribution < -0.4 is 20.9 Å². The van der Waals surface area contributed by atoms with E-state index in [9.17, 15) is 9.59 Å². The number of amides is 2. The average Bonchev–Trinajstić information content (AvgIpc) is 3.22. The number of carbonyl (C=O) groups is 1. The Morgan fingerprint density at radius 1 is 1.03 bits per heavy atom. The number of nitrogens with zero attached hydrogens (tertiary/aromatic N) is 3. The first-order valence-electron chi connectivity index (χ1n) is 9.90. The van der Waals surface area contributed by atoms with Crippen LogP contribution in [0.15, 0.2) is 65.5 Å². The van der Waals surface area contributed by atoms with Crippen LogP contribution in [0, 0.1) is 13.8 Å². The van der Waals surface area contributed by atoms with Gasteiger partial charge < -0.3 is 10.1 Å². The fourth-order valence-corrected chi connectivity index (χ4v) is 3.07. The Labute approximate surface area is 184 Å². The fourth-order valence-electron chi connectivity index (χ4n) is 3.07. The van der Waals surface area contributed by atoms with Crippen molar-refractivity contribution in [2.75, 3.05) is 17.7 Å². The normalized spacial score (nSPS) is 10.6. The second kappa shape index (κ2) is 8.76. The topological polar surface area (TPSA) is 114 Å². The zero-order valence-corrected chi connectivity index (χ0v) is 17.8. The molecule has 0 bridgehead atoms. The van der Waals surface area contributed by atoms with Gasteiger partial charge in [-0.25, -0.2) is 9.78 Å². The maximum Gasteiger partial charge on any atom is 0.324 e. The molecule has 9 heteroatoms. The van der Waals surface area contributed by atoms with Gasteiger partial charge in [-0.15, -0.1) is 0 Å². The summed E-state index contributed by atoms with van der Waals surface area (Å²) in [6.07, 6.45) is 0. The third-order valence-electron chi connectivity index (χ3n) is 4.95. The molecular formula is C23H22N6O3. The lowest BCUT2D eigenvalue weighted by Crippen LogP contribution is -2.23. The number of H-pyrrole nitrogens is 1. The maximum atomic E-state index is 12.7. The van der Waals surface area contributed by atoms with Crippen molar-refractivity contribution >= 4 is 17.5 Å². The Hall–Kier alpha value is -4.40. The lowest BCUT2D eigenvalue weighted by Gasteiger charge is -2.10. The minimum atomic E-state index is -0.470. The Morgan fingerprint density at radius 2 is 1.75 bits per heavy atom. The fraction of sp³-hybridized carbons (Fsp3) is 0.130. The van der Waals surface area contributed by atoms with Gasteiger partial charge in [0.25, 0.3) is 5.56 Å². The van der Waals surface area contributed by atoms with Crippen LogP contribution in [-0.2, 0) is 0 Å². The highest BCUT2D eigenvalue weighted by Gasteiger charge is 2.16. The SMILES string of the molecule is COc1ccc(NC(=O)Nc2cc(-c3ccccc3)nn2-c2nc(C)c(C)c(=O)[nH]2)cc1. The van der Waals surface area contributed by atoms with Gasteiger partial charge in [-0.2, -0.15) is 9.78 Å². The zero-order chi connectivity index (χ0) is 22.7. The molecule has 0 aliphatic carbocycles. The van der Waals surface area contributed by atoms with E-state index in [1.165, 1.54) is 4.68 Å². The van der Waals surface area contributed by atoms with E-state index < -0.39 is 6.03 Å². The van der Waals surface area contributed by atoms with E-state index in [1.54, 1.807) is 51.3 Å². The second-order valence-corrected chi connectivity index (χ2v) is 7.10. The molecule has 0 aliphatic rings. The summed E-state index contributed by atoms with van der Waals surface area (Å²) in [4.78, 5) is 32.1.